The van der Waals surface area contributed by atoms with Crippen molar-refractivity contribution in [1.29, 1.82) is 0 Å². The molecule has 4 atom stereocenters. The molecule has 4 N–H and O–H groups in total. The van der Waals surface area contributed by atoms with Crippen molar-refractivity contribution < 1.29 is 19.1 Å². The Kier molecular flexibility index (Phi) is 11.1. The summed E-state index contributed by atoms with van der Waals surface area (Å²) in [6, 6.07) is 13.3. The van der Waals surface area contributed by atoms with Crippen LogP contribution in [0.4, 0.5) is 0 Å². The van der Waals surface area contributed by atoms with Crippen LogP contribution in [0, 0.1) is 11.8 Å². The highest BCUT2D eigenvalue weighted by atomic mass is 35.5. The molecule has 0 bridgehead atoms. The number of fused-ring (bicyclic) bond motifs is 1. The van der Waals surface area contributed by atoms with Crippen LogP contribution in [-0.2, 0) is 20.8 Å². The van der Waals surface area contributed by atoms with Gasteiger partial charge in [-0.1, -0.05) is 75.5 Å². The zero-order valence-electron chi connectivity index (χ0n) is 24.3. The van der Waals surface area contributed by atoms with Crippen molar-refractivity contribution in [1.82, 2.24) is 21.3 Å². The predicted octanol–water partition coefficient (Wildman–Crippen LogP) is 3.97. The number of carbonyl (C=O) groups excluding carboxylic acids is 3. The standard InChI is InChI=1S/C32H43ClN4O4/c1-20(2)29-32(40)36-27(18-22-11-12-22)30(38)35-14-13-21(3)25-9-4-5-10-28(25)41-16-15-34-26(31(39)37-29)19-23-7-6-8-24(33)17-23/h4-10,17,20-22,26-27,29,34H,11-16,18-19H2,1-3H3,(H,35,38)(H,36,40)(H,37,39)/t21?,26-,27+,29-/m1/s1. The van der Waals surface area contributed by atoms with Gasteiger partial charge in [0.05, 0.1) is 6.04 Å². The first-order valence-corrected chi connectivity index (χ1v) is 15.2. The number of amides is 3. The molecule has 1 aliphatic carbocycles. The number of benzene rings is 2. The Balaban J connectivity index is 1.58. The van der Waals surface area contributed by atoms with Crippen molar-refractivity contribution in [2.24, 2.45) is 11.8 Å². The van der Waals surface area contributed by atoms with E-state index in [1.165, 1.54) is 0 Å². The molecule has 1 aliphatic heterocycles. The summed E-state index contributed by atoms with van der Waals surface area (Å²) in [7, 11) is 0. The van der Waals surface area contributed by atoms with Crippen LogP contribution in [0.3, 0.4) is 0 Å². The Morgan fingerprint density at radius 1 is 0.902 bits per heavy atom. The van der Waals surface area contributed by atoms with Gasteiger partial charge < -0.3 is 26.0 Å². The molecular formula is C32H43ClN4O4. The molecule has 0 spiro atoms. The minimum absolute atomic E-state index is 0.154. The van der Waals surface area contributed by atoms with E-state index in [2.05, 4.69) is 28.2 Å². The third kappa shape index (κ3) is 9.20. The van der Waals surface area contributed by atoms with Crippen molar-refractivity contribution in [3.63, 3.8) is 0 Å². The Morgan fingerprint density at radius 2 is 1.68 bits per heavy atom. The maximum absolute atomic E-state index is 13.6. The number of nitrogens with one attached hydrogen (secondary N) is 4. The van der Waals surface area contributed by atoms with Crippen LogP contribution in [0.5, 0.6) is 5.75 Å². The minimum Gasteiger partial charge on any atom is -0.492 e. The highest BCUT2D eigenvalue weighted by molar-refractivity contribution is 6.30. The van der Waals surface area contributed by atoms with Gasteiger partial charge in [-0.05, 0) is 66.3 Å². The zero-order chi connectivity index (χ0) is 29.4. The minimum atomic E-state index is -0.789. The number of hydrogen-bond donors (Lipinski definition) is 4. The highest BCUT2D eigenvalue weighted by Gasteiger charge is 2.34. The number of carbonyl (C=O) groups is 3. The lowest BCUT2D eigenvalue weighted by atomic mass is 9.96. The van der Waals surface area contributed by atoms with Gasteiger partial charge in [0.25, 0.3) is 0 Å². The second-order valence-electron chi connectivity index (χ2n) is 11.7. The van der Waals surface area contributed by atoms with E-state index in [1.807, 2.05) is 56.3 Å². The lowest BCUT2D eigenvalue weighted by Gasteiger charge is -2.28. The van der Waals surface area contributed by atoms with Gasteiger partial charge in [0.15, 0.2) is 0 Å². The summed E-state index contributed by atoms with van der Waals surface area (Å²) in [5.41, 5.74) is 1.97. The topological polar surface area (TPSA) is 109 Å². The van der Waals surface area contributed by atoms with Gasteiger partial charge in [-0.3, -0.25) is 14.4 Å². The molecular weight excluding hydrogens is 540 g/mol. The van der Waals surface area contributed by atoms with E-state index in [0.29, 0.717) is 43.5 Å². The molecule has 2 aromatic carbocycles. The molecule has 0 saturated heterocycles. The number of halogens is 1. The molecule has 1 heterocycles. The lowest BCUT2D eigenvalue weighted by Crippen LogP contribution is -2.58. The highest BCUT2D eigenvalue weighted by Crippen LogP contribution is 2.34. The summed E-state index contributed by atoms with van der Waals surface area (Å²) in [6.07, 6.45) is 3.85. The maximum atomic E-state index is 13.6. The Bertz CT molecular complexity index is 1200. The molecule has 1 fully saturated rings. The smallest absolute Gasteiger partial charge is 0.243 e. The van der Waals surface area contributed by atoms with E-state index in [-0.39, 0.29) is 29.6 Å². The van der Waals surface area contributed by atoms with Crippen molar-refractivity contribution in [2.45, 2.75) is 76.9 Å². The summed E-state index contributed by atoms with van der Waals surface area (Å²) in [4.78, 5) is 40.3. The molecule has 2 aromatic rings. The van der Waals surface area contributed by atoms with Crippen molar-refractivity contribution >= 4 is 29.3 Å². The SMILES string of the molecule is CC1CCNC(=O)[C@H](CC2CC2)NC(=O)[C@@H](C(C)C)NC(=O)[C@@H](Cc2cccc(Cl)c2)NCCOc2ccccc21. The fourth-order valence-corrected chi connectivity index (χ4v) is 5.44. The molecule has 4 rings (SSSR count). The normalized spacial score (nSPS) is 25.1. The molecule has 1 unspecified atom stereocenters. The number of para-hydroxylation sites is 1. The zero-order valence-corrected chi connectivity index (χ0v) is 25.0. The molecule has 3 amide bonds. The molecule has 222 valence electrons. The van der Waals surface area contributed by atoms with E-state index >= 15 is 0 Å². The van der Waals surface area contributed by atoms with Gasteiger partial charge in [0.1, 0.15) is 24.4 Å². The summed E-state index contributed by atoms with van der Waals surface area (Å²) in [6.45, 7) is 7.17. The third-order valence-corrected chi connectivity index (χ3v) is 8.10. The summed E-state index contributed by atoms with van der Waals surface area (Å²) in [5, 5.41) is 12.9. The second kappa shape index (κ2) is 14.7. The molecule has 41 heavy (non-hydrogen) atoms. The average molecular weight is 583 g/mol. The second-order valence-corrected chi connectivity index (χ2v) is 12.1. The van der Waals surface area contributed by atoms with Crippen LogP contribution in [0.1, 0.15) is 63.5 Å². The third-order valence-electron chi connectivity index (χ3n) is 7.87. The van der Waals surface area contributed by atoms with E-state index in [9.17, 15) is 14.4 Å². The monoisotopic (exact) mass is 582 g/mol. The van der Waals surface area contributed by atoms with Gasteiger partial charge in [0, 0.05) is 18.1 Å². The van der Waals surface area contributed by atoms with Gasteiger partial charge in [-0.2, -0.15) is 0 Å². The van der Waals surface area contributed by atoms with Crippen molar-refractivity contribution in [2.75, 3.05) is 19.7 Å². The van der Waals surface area contributed by atoms with Crippen LogP contribution < -0.4 is 26.0 Å². The van der Waals surface area contributed by atoms with Gasteiger partial charge in [-0.25, -0.2) is 0 Å². The van der Waals surface area contributed by atoms with Crippen molar-refractivity contribution in [3.05, 3.63) is 64.7 Å². The van der Waals surface area contributed by atoms with E-state index in [1.54, 1.807) is 6.07 Å². The van der Waals surface area contributed by atoms with Crippen LogP contribution in [0.25, 0.3) is 0 Å². The molecule has 0 aromatic heterocycles. The fraction of sp³-hybridized carbons (Fsp3) is 0.531. The van der Waals surface area contributed by atoms with Crippen molar-refractivity contribution in [3.8, 4) is 5.75 Å². The quantitative estimate of drug-likeness (QED) is 0.427. The molecule has 8 nitrogen and oxygen atoms in total. The predicted molar refractivity (Wildman–Crippen MR) is 161 cm³/mol. The van der Waals surface area contributed by atoms with Gasteiger partial charge in [-0.15, -0.1) is 0 Å². The number of ether oxygens (including phenoxy) is 1. The van der Waals surface area contributed by atoms with E-state index in [0.717, 1.165) is 36.1 Å². The number of rotatable bonds is 5. The molecule has 0 radical (unpaired) electrons. The van der Waals surface area contributed by atoms with Crippen LogP contribution in [0.15, 0.2) is 48.5 Å². The Hall–Kier alpha value is -3.10. The first kappa shape index (κ1) is 30.8. The average Bonchev–Trinajstić information content (AvgIpc) is 3.76. The van der Waals surface area contributed by atoms with Crippen LogP contribution >= 0.6 is 11.6 Å². The summed E-state index contributed by atoms with van der Waals surface area (Å²) in [5.74, 6) is 0.384. The Morgan fingerprint density at radius 3 is 2.41 bits per heavy atom. The van der Waals surface area contributed by atoms with E-state index in [4.69, 9.17) is 16.3 Å². The van der Waals surface area contributed by atoms with Crippen LogP contribution in [0.2, 0.25) is 5.02 Å². The first-order chi connectivity index (χ1) is 19.7. The number of hydrogen-bond acceptors (Lipinski definition) is 5. The summed E-state index contributed by atoms with van der Waals surface area (Å²) >= 11 is 6.21. The molecule has 1 saturated carbocycles. The van der Waals surface area contributed by atoms with Gasteiger partial charge in [0.2, 0.25) is 17.7 Å². The largest absolute Gasteiger partial charge is 0.492 e. The first-order valence-electron chi connectivity index (χ1n) is 14.8. The van der Waals surface area contributed by atoms with Crippen LogP contribution in [-0.4, -0.2) is 55.5 Å². The van der Waals surface area contributed by atoms with E-state index < -0.39 is 18.1 Å². The lowest BCUT2D eigenvalue weighted by molar-refractivity contribution is -0.133. The maximum Gasteiger partial charge on any atom is 0.243 e. The van der Waals surface area contributed by atoms with Gasteiger partial charge >= 0.3 is 0 Å². The summed E-state index contributed by atoms with van der Waals surface area (Å²) < 4.78 is 6.15. The molecule has 2 aliphatic rings. The Labute approximate surface area is 248 Å². The molecule has 9 heteroatoms. The fourth-order valence-electron chi connectivity index (χ4n) is 5.23.